The predicted molar refractivity (Wildman–Crippen MR) is 83.2 cm³/mol. The number of halogens is 1. The van der Waals surface area contributed by atoms with E-state index in [9.17, 15) is 0 Å². The fourth-order valence-electron chi connectivity index (χ4n) is 1.70. The number of aromatic amines is 1. The van der Waals surface area contributed by atoms with Gasteiger partial charge in [0.05, 0.1) is 0 Å². The summed E-state index contributed by atoms with van der Waals surface area (Å²) in [5.41, 5.74) is 1.11. The van der Waals surface area contributed by atoms with E-state index in [1.54, 1.807) is 0 Å². The smallest absolute Gasteiger partial charge is 0.213 e. The lowest BCUT2D eigenvalue weighted by Gasteiger charge is -2.09. The van der Waals surface area contributed by atoms with E-state index in [1.165, 1.54) is 11.8 Å². The standard InChI is InChI=1S/C14H19ClN4S/c1-9(2)7-16-8-11-4-5-12(6-13(11)15)20-14-17-10(3)18-19-14/h4-6,9,16H,7-8H2,1-3H3,(H,17,18,19). The summed E-state index contributed by atoms with van der Waals surface area (Å²) in [7, 11) is 0. The van der Waals surface area contributed by atoms with Crippen LogP contribution in [0.1, 0.15) is 25.2 Å². The van der Waals surface area contributed by atoms with Gasteiger partial charge in [-0.25, -0.2) is 4.98 Å². The monoisotopic (exact) mass is 310 g/mol. The molecule has 0 fully saturated rings. The van der Waals surface area contributed by atoms with Crippen LogP contribution in [0, 0.1) is 12.8 Å². The fraction of sp³-hybridized carbons (Fsp3) is 0.429. The number of hydrogen-bond acceptors (Lipinski definition) is 4. The lowest BCUT2D eigenvalue weighted by molar-refractivity contribution is 0.552. The molecule has 0 unspecified atom stereocenters. The lowest BCUT2D eigenvalue weighted by atomic mass is 10.2. The van der Waals surface area contributed by atoms with Gasteiger partial charge in [0.1, 0.15) is 5.82 Å². The van der Waals surface area contributed by atoms with Crippen LogP contribution < -0.4 is 5.32 Å². The molecule has 0 bridgehead atoms. The van der Waals surface area contributed by atoms with Crippen molar-refractivity contribution in [2.24, 2.45) is 5.92 Å². The molecule has 0 spiro atoms. The summed E-state index contributed by atoms with van der Waals surface area (Å²) < 4.78 is 0. The molecule has 20 heavy (non-hydrogen) atoms. The van der Waals surface area contributed by atoms with Gasteiger partial charge in [-0.15, -0.1) is 5.10 Å². The number of nitrogens with zero attached hydrogens (tertiary/aromatic N) is 2. The van der Waals surface area contributed by atoms with Crippen LogP contribution in [0.15, 0.2) is 28.3 Å². The Hall–Kier alpha value is -1.04. The fourth-order valence-corrected chi connectivity index (χ4v) is 2.81. The zero-order chi connectivity index (χ0) is 14.5. The molecule has 0 radical (unpaired) electrons. The molecule has 0 aliphatic heterocycles. The van der Waals surface area contributed by atoms with Gasteiger partial charge in [-0.3, -0.25) is 5.10 Å². The van der Waals surface area contributed by atoms with Gasteiger partial charge in [-0.2, -0.15) is 0 Å². The highest BCUT2D eigenvalue weighted by molar-refractivity contribution is 7.99. The van der Waals surface area contributed by atoms with E-state index in [-0.39, 0.29) is 0 Å². The topological polar surface area (TPSA) is 53.6 Å². The zero-order valence-corrected chi connectivity index (χ0v) is 13.5. The first-order chi connectivity index (χ1) is 9.54. The minimum atomic E-state index is 0.637. The van der Waals surface area contributed by atoms with Gasteiger partial charge in [0, 0.05) is 16.5 Å². The van der Waals surface area contributed by atoms with Crippen LogP contribution in [-0.4, -0.2) is 21.7 Å². The van der Waals surface area contributed by atoms with Crippen LogP contribution in [0.25, 0.3) is 0 Å². The number of rotatable bonds is 6. The van der Waals surface area contributed by atoms with E-state index in [0.717, 1.165) is 34.4 Å². The van der Waals surface area contributed by atoms with Crippen molar-refractivity contribution in [1.82, 2.24) is 20.5 Å². The SMILES string of the molecule is Cc1nc(Sc2ccc(CNCC(C)C)c(Cl)c2)n[nH]1. The summed E-state index contributed by atoms with van der Waals surface area (Å²) in [6, 6.07) is 6.07. The average Bonchev–Trinajstić information content (AvgIpc) is 2.77. The highest BCUT2D eigenvalue weighted by Crippen LogP contribution is 2.28. The van der Waals surface area contributed by atoms with Crippen molar-refractivity contribution in [1.29, 1.82) is 0 Å². The molecular formula is C14H19ClN4S. The molecule has 4 nitrogen and oxygen atoms in total. The van der Waals surface area contributed by atoms with Gasteiger partial charge in [-0.05, 0) is 48.8 Å². The van der Waals surface area contributed by atoms with E-state index in [4.69, 9.17) is 11.6 Å². The van der Waals surface area contributed by atoms with Crippen molar-refractivity contribution in [3.63, 3.8) is 0 Å². The summed E-state index contributed by atoms with van der Waals surface area (Å²) in [5.74, 6) is 1.45. The minimum Gasteiger partial charge on any atom is -0.312 e. The minimum absolute atomic E-state index is 0.637. The Kier molecular flexibility index (Phi) is 5.46. The highest BCUT2D eigenvalue weighted by Gasteiger charge is 2.06. The van der Waals surface area contributed by atoms with Crippen molar-refractivity contribution >= 4 is 23.4 Å². The van der Waals surface area contributed by atoms with Crippen LogP contribution in [-0.2, 0) is 6.54 Å². The maximum atomic E-state index is 6.31. The third kappa shape index (κ3) is 4.51. The van der Waals surface area contributed by atoms with E-state index in [1.807, 2.05) is 13.0 Å². The van der Waals surface area contributed by atoms with Crippen LogP contribution in [0.2, 0.25) is 5.02 Å². The van der Waals surface area contributed by atoms with Crippen molar-refractivity contribution in [2.45, 2.75) is 37.4 Å². The van der Waals surface area contributed by atoms with Gasteiger partial charge in [0.2, 0.25) is 5.16 Å². The molecule has 6 heteroatoms. The largest absolute Gasteiger partial charge is 0.312 e. The quantitative estimate of drug-likeness (QED) is 0.855. The van der Waals surface area contributed by atoms with E-state index < -0.39 is 0 Å². The Morgan fingerprint density at radius 1 is 1.40 bits per heavy atom. The Bertz CT molecular complexity index is 568. The predicted octanol–water partition coefficient (Wildman–Crippen LogP) is 3.66. The first-order valence-corrected chi connectivity index (χ1v) is 7.80. The van der Waals surface area contributed by atoms with Crippen molar-refractivity contribution in [3.8, 4) is 0 Å². The second kappa shape index (κ2) is 7.11. The molecule has 0 amide bonds. The molecule has 2 N–H and O–H groups in total. The second-order valence-electron chi connectivity index (χ2n) is 5.08. The summed E-state index contributed by atoms with van der Waals surface area (Å²) in [6.07, 6.45) is 0. The molecule has 1 aromatic heterocycles. The van der Waals surface area contributed by atoms with Crippen LogP contribution in [0.5, 0.6) is 0 Å². The molecule has 108 valence electrons. The molecule has 2 aromatic rings. The number of hydrogen-bond donors (Lipinski definition) is 2. The molecule has 1 heterocycles. The van der Waals surface area contributed by atoms with Gasteiger partial charge in [0.15, 0.2) is 0 Å². The van der Waals surface area contributed by atoms with Gasteiger partial charge in [-0.1, -0.05) is 31.5 Å². The van der Waals surface area contributed by atoms with Crippen molar-refractivity contribution in [2.75, 3.05) is 6.54 Å². The number of benzene rings is 1. The van der Waals surface area contributed by atoms with E-state index >= 15 is 0 Å². The normalized spacial score (nSPS) is 11.2. The summed E-state index contributed by atoms with van der Waals surface area (Å²) in [6.45, 7) is 8.04. The summed E-state index contributed by atoms with van der Waals surface area (Å²) >= 11 is 7.82. The van der Waals surface area contributed by atoms with Crippen LogP contribution in [0.3, 0.4) is 0 Å². The molecule has 2 rings (SSSR count). The number of aryl methyl sites for hydroxylation is 1. The summed E-state index contributed by atoms with van der Waals surface area (Å²) in [4.78, 5) is 5.31. The Morgan fingerprint density at radius 2 is 2.20 bits per heavy atom. The summed E-state index contributed by atoms with van der Waals surface area (Å²) in [5, 5.41) is 11.8. The molecular weight excluding hydrogens is 292 g/mol. The Balaban J connectivity index is 1.98. The maximum absolute atomic E-state index is 6.31. The first kappa shape index (κ1) is 15.4. The van der Waals surface area contributed by atoms with Crippen molar-refractivity contribution < 1.29 is 0 Å². The van der Waals surface area contributed by atoms with Crippen LogP contribution >= 0.6 is 23.4 Å². The van der Waals surface area contributed by atoms with Gasteiger partial charge < -0.3 is 5.32 Å². The average molecular weight is 311 g/mol. The molecule has 0 aliphatic carbocycles. The third-order valence-corrected chi connectivity index (χ3v) is 3.89. The van der Waals surface area contributed by atoms with Gasteiger partial charge in [0.25, 0.3) is 0 Å². The van der Waals surface area contributed by atoms with E-state index in [2.05, 4.69) is 46.5 Å². The second-order valence-corrected chi connectivity index (χ2v) is 6.53. The lowest BCUT2D eigenvalue weighted by Crippen LogP contribution is -2.19. The van der Waals surface area contributed by atoms with Crippen molar-refractivity contribution in [3.05, 3.63) is 34.6 Å². The molecule has 1 aromatic carbocycles. The third-order valence-electron chi connectivity index (χ3n) is 2.68. The highest BCUT2D eigenvalue weighted by atomic mass is 35.5. The molecule has 0 saturated carbocycles. The number of aromatic nitrogens is 3. The van der Waals surface area contributed by atoms with Gasteiger partial charge >= 0.3 is 0 Å². The first-order valence-electron chi connectivity index (χ1n) is 6.60. The number of H-pyrrole nitrogens is 1. The number of nitrogens with one attached hydrogen (secondary N) is 2. The zero-order valence-electron chi connectivity index (χ0n) is 11.9. The Labute approximate surface area is 128 Å². The Morgan fingerprint density at radius 3 is 2.80 bits per heavy atom. The molecule has 0 saturated heterocycles. The molecule has 0 atom stereocenters. The van der Waals surface area contributed by atoms with E-state index in [0.29, 0.717) is 11.1 Å². The maximum Gasteiger partial charge on any atom is 0.213 e. The molecule has 0 aliphatic rings. The van der Waals surface area contributed by atoms with Crippen LogP contribution in [0.4, 0.5) is 0 Å².